The lowest BCUT2D eigenvalue weighted by atomic mass is 9.87. The number of carbonyl (C=O) groups excluding carboxylic acids is 1. The van der Waals surface area contributed by atoms with Crippen LogP contribution in [0.2, 0.25) is 0 Å². The van der Waals surface area contributed by atoms with Gasteiger partial charge in [-0.1, -0.05) is 32.9 Å². The highest BCUT2D eigenvalue weighted by molar-refractivity contribution is 5.99. The second kappa shape index (κ2) is 9.12. The molecule has 0 unspecified atom stereocenters. The zero-order valence-corrected chi connectivity index (χ0v) is 19.1. The highest BCUT2D eigenvalue weighted by Crippen LogP contribution is 2.24. The maximum Gasteiger partial charge on any atom is 0.323 e. The molecule has 33 heavy (non-hydrogen) atoms. The van der Waals surface area contributed by atoms with E-state index in [1.165, 1.54) is 5.56 Å². The lowest BCUT2D eigenvalue weighted by Gasteiger charge is -2.19. The topological polar surface area (TPSA) is 96.8 Å². The Morgan fingerprint density at radius 3 is 2.06 bits per heavy atom. The first-order valence-electron chi connectivity index (χ1n) is 10.7. The number of amides is 2. The fourth-order valence-corrected chi connectivity index (χ4v) is 3.27. The summed E-state index contributed by atoms with van der Waals surface area (Å²) in [5.41, 5.74) is 3.55. The van der Waals surface area contributed by atoms with E-state index in [-0.39, 0.29) is 11.4 Å². The molecule has 0 bridgehead atoms. The standard InChI is InChI=1S/C25H27N7O/c1-17-27-22(16-23(28-17)32-15-5-14-26-32)29-19-10-12-21(13-11-19)31-24(33)30-20-8-6-18(7-9-20)25(2,3)4/h5-16H,1-4H3,(H,27,28,29)(H2,30,31,33). The van der Waals surface area contributed by atoms with Crippen molar-refractivity contribution in [3.63, 3.8) is 0 Å². The molecule has 0 aliphatic carbocycles. The molecule has 0 aliphatic rings. The van der Waals surface area contributed by atoms with E-state index < -0.39 is 0 Å². The molecule has 0 saturated heterocycles. The molecule has 0 radical (unpaired) electrons. The largest absolute Gasteiger partial charge is 0.340 e. The highest BCUT2D eigenvalue weighted by Gasteiger charge is 2.13. The Labute approximate surface area is 193 Å². The van der Waals surface area contributed by atoms with Crippen molar-refractivity contribution in [1.82, 2.24) is 19.7 Å². The predicted molar refractivity (Wildman–Crippen MR) is 131 cm³/mol. The molecule has 0 saturated carbocycles. The summed E-state index contributed by atoms with van der Waals surface area (Å²) in [5.74, 6) is 1.97. The van der Waals surface area contributed by atoms with Crippen molar-refractivity contribution in [2.75, 3.05) is 16.0 Å². The summed E-state index contributed by atoms with van der Waals surface area (Å²) in [6, 6.07) is 18.7. The fourth-order valence-electron chi connectivity index (χ4n) is 3.27. The van der Waals surface area contributed by atoms with Crippen LogP contribution in [0.15, 0.2) is 73.1 Å². The molecule has 8 nitrogen and oxygen atoms in total. The first-order chi connectivity index (χ1) is 15.8. The molecule has 0 fully saturated rings. The van der Waals surface area contributed by atoms with Gasteiger partial charge in [0.2, 0.25) is 0 Å². The molecule has 4 aromatic rings. The molecule has 0 spiro atoms. The summed E-state index contributed by atoms with van der Waals surface area (Å²) in [6.07, 6.45) is 3.53. The number of nitrogens with zero attached hydrogens (tertiary/aromatic N) is 4. The van der Waals surface area contributed by atoms with E-state index in [4.69, 9.17) is 0 Å². The number of rotatable bonds is 5. The van der Waals surface area contributed by atoms with Crippen LogP contribution in [-0.2, 0) is 5.41 Å². The number of benzene rings is 2. The molecule has 8 heteroatoms. The Kier molecular flexibility index (Phi) is 6.08. The molecule has 0 atom stereocenters. The minimum absolute atomic E-state index is 0.0712. The summed E-state index contributed by atoms with van der Waals surface area (Å²) in [6.45, 7) is 8.31. The van der Waals surface area contributed by atoms with Crippen molar-refractivity contribution in [1.29, 1.82) is 0 Å². The summed E-state index contributed by atoms with van der Waals surface area (Å²) < 4.78 is 1.68. The number of aromatic nitrogens is 4. The number of hydrogen-bond acceptors (Lipinski definition) is 5. The van der Waals surface area contributed by atoms with Crippen LogP contribution < -0.4 is 16.0 Å². The molecule has 2 heterocycles. The Bertz CT molecular complexity index is 1230. The number of nitrogens with one attached hydrogen (secondary N) is 3. The number of urea groups is 1. The van der Waals surface area contributed by atoms with Crippen molar-refractivity contribution in [2.45, 2.75) is 33.1 Å². The van der Waals surface area contributed by atoms with Crippen molar-refractivity contribution in [3.05, 3.63) is 84.4 Å². The van der Waals surface area contributed by atoms with Crippen LogP contribution in [-0.4, -0.2) is 25.8 Å². The first kappa shape index (κ1) is 22.0. The van der Waals surface area contributed by atoms with Crippen LogP contribution in [0.3, 0.4) is 0 Å². The molecule has 2 amide bonds. The molecule has 3 N–H and O–H groups in total. The number of carbonyl (C=O) groups is 1. The normalized spacial score (nSPS) is 11.2. The third kappa shape index (κ3) is 5.74. The highest BCUT2D eigenvalue weighted by atomic mass is 16.2. The molecular weight excluding hydrogens is 414 g/mol. The van der Waals surface area contributed by atoms with Gasteiger partial charge in [-0.25, -0.2) is 19.4 Å². The zero-order chi connectivity index (χ0) is 23.4. The van der Waals surface area contributed by atoms with Gasteiger partial charge in [-0.15, -0.1) is 0 Å². The van der Waals surface area contributed by atoms with E-state index in [1.54, 1.807) is 10.9 Å². The van der Waals surface area contributed by atoms with E-state index in [1.807, 2.05) is 73.8 Å². The van der Waals surface area contributed by atoms with E-state index in [0.717, 1.165) is 11.4 Å². The van der Waals surface area contributed by atoms with Gasteiger partial charge in [-0.3, -0.25) is 0 Å². The summed E-state index contributed by atoms with van der Waals surface area (Å²) in [7, 11) is 0. The van der Waals surface area contributed by atoms with Gasteiger partial charge in [0.05, 0.1) is 0 Å². The van der Waals surface area contributed by atoms with Crippen LogP contribution >= 0.6 is 0 Å². The van der Waals surface area contributed by atoms with E-state index in [9.17, 15) is 4.79 Å². The van der Waals surface area contributed by atoms with Crippen LogP contribution in [0.25, 0.3) is 5.82 Å². The minimum Gasteiger partial charge on any atom is -0.340 e. The molecule has 2 aromatic carbocycles. The second-order valence-electron chi connectivity index (χ2n) is 8.72. The van der Waals surface area contributed by atoms with Crippen LogP contribution in [0, 0.1) is 6.92 Å². The SMILES string of the molecule is Cc1nc(Nc2ccc(NC(=O)Nc3ccc(C(C)(C)C)cc3)cc2)cc(-n2cccn2)n1. The Balaban J connectivity index is 1.37. The van der Waals surface area contributed by atoms with Crippen molar-refractivity contribution in [2.24, 2.45) is 0 Å². The number of hydrogen-bond donors (Lipinski definition) is 3. The maximum atomic E-state index is 12.4. The maximum absolute atomic E-state index is 12.4. The zero-order valence-electron chi connectivity index (χ0n) is 19.1. The van der Waals surface area contributed by atoms with Crippen molar-refractivity contribution in [3.8, 4) is 5.82 Å². The summed E-state index contributed by atoms with van der Waals surface area (Å²) in [5, 5.41) is 13.2. The summed E-state index contributed by atoms with van der Waals surface area (Å²) >= 11 is 0. The van der Waals surface area contributed by atoms with Gasteiger partial charge in [0, 0.05) is 35.5 Å². The van der Waals surface area contributed by atoms with E-state index in [2.05, 4.69) is 51.8 Å². The van der Waals surface area contributed by atoms with Gasteiger partial charge in [-0.2, -0.15) is 5.10 Å². The van der Waals surface area contributed by atoms with E-state index >= 15 is 0 Å². The first-order valence-corrected chi connectivity index (χ1v) is 10.7. The Hall–Kier alpha value is -4.20. The lowest BCUT2D eigenvalue weighted by Crippen LogP contribution is -2.19. The van der Waals surface area contributed by atoms with Crippen molar-refractivity contribution >= 4 is 28.9 Å². The van der Waals surface area contributed by atoms with Crippen molar-refractivity contribution < 1.29 is 4.79 Å². The Morgan fingerprint density at radius 1 is 0.879 bits per heavy atom. The quantitative estimate of drug-likeness (QED) is 0.371. The van der Waals surface area contributed by atoms with Crippen LogP contribution in [0.4, 0.5) is 27.7 Å². The fraction of sp³-hybridized carbons (Fsp3) is 0.200. The van der Waals surface area contributed by atoms with Gasteiger partial charge in [-0.05, 0) is 60.4 Å². The third-order valence-corrected chi connectivity index (χ3v) is 4.99. The third-order valence-electron chi connectivity index (χ3n) is 4.99. The number of anilines is 4. The van der Waals surface area contributed by atoms with E-state index in [0.29, 0.717) is 23.1 Å². The molecule has 4 rings (SSSR count). The van der Waals surface area contributed by atoms with Gasteiger partial charge >= 0.3 is 6.03 Å². The average Bonchev–Trinajstić information content (AvgIpc) is 3.29. The predicted octanol–water partition coefficient (Wildman–Crippen LogP) is 5.66. The molecular formula is C25H27N7O. The molecule has 2 aromatic heterocycles. The van der Waals surface area contributed by atoms with Gasteiger partial charge in [0.1, 0.15) is 11.6 Å². The Morgan fingerprint density at radius 2 is 1.48 bits per heavy atom. The smallest absolute Gasteiger partial charge is 0.323 e. The molecule has 168 valence electrons. The number of aryl methyl sites for hydroxylation is 1. The van der Waals surface area contributed by atoms with Gasteiger partial charge in [0.15, 0.2) is 5.82 Å². The van der Waals surface area contributed by atoms with Crippen LogP contribution in [0.5, 0.6) is 0 Å². The summed E-state index contributed by atoms with van der Waals surface area (Å²) in [4.78, 5) is 21.2. The second-order valence-corrected chi connectivity index (χ2v) is 8.72. The monoisotopic (exact) mass is 441 g/mol. The van der Waals surface area contributed by atoms with Crippen LogP contribution in [0.1, 0.15) is 32.2 Å². The lowest BCUT2D eigenvalue weighted by molar-refractivity contribution is 0.262. The minimum atomic E-state index is -0.297. The average molecular weight is 442 g/mol. The molecule has 0 aliphatic heterocycles. The van der Waals surface area contributed by atoms with Gasteiger partial charge < -0.3 is 16.0 Å². The van der Waals surface area contributed by atoms with Gasteiger partial charge in [0.25, 0.3) is 0 Å².